The lowest BCUT2D eigenvalue weighted by Gasteiger charge is -2.36. The minimum absolute atomic E-state index is 0.320. The van der Waals surface area contributed by atoms with Crippen LogP contribution in [0.4, 0.5) is 5.69 Å². The first kappa shape index (κ1) is 17.3. The molecule has 0 saturated carbocycles. The van der Waals surface area contributed by atoms with Gasteiger partial charge in [0.15, 0.2) is 0 Å². The zero-order chi connectivity index (χ0) is 17.8. The highest BCUT2D eigenvalue weighted by Crippen LogP contribution is 2.27. The van der Waals surface area contributed by atoms with E-state index in [1.165, 1.54) is 0 Å². The number of halogens is 1. The third kappa shape index (κ3) is 4.11. The molecule has 6 heteroatoms. The van der Waals surface area contributed by atoms with Gasteiger partial charge in [-0.1, -0.05) is 23.7 Å². The van der Waals surface area contributed by atoms with Crippen molar-refractivity contribution in [3.8, 4) is 6.07 Å². The molecule has 1 fully saturated rings. The quantitative estimate of drug-likeness (QED) is 0.912. The third-order valence-corrected chi connectivity index (χ3v) is 4.67. The zero-order valence-electron chi connectivity index (χ0n) is 13.7. The number of carboxylic acids is 1. The number of carboxylic acid groups (broad SMARTS) is 1. The van der Waals surface area contributed by atoms with Crippen LogP contribution in [0.2, 0.25) is 5.02 Å². The fourth-order valence-corrected chi connectivity index (χ4v) is 3.34. The number of anilines is 1. The predicted molar refractivity (Wildman–Crippen MR) is 97.1 cm³/mol. The summed E-state index contributed by atoms with van der Waals surface area (Å²) in [5.74, 6) is -0.901. The standard InChI is InChI=1S/C19H18ClN3O2/c20-17-11-14(12-21)4-5-18(17)23-8-6-22(7-9-23)13-15-2-1-3-16(10-15)19(24)25/h1-5,10-11H,6-9,13H2,(H,24,25). The SMILES string of the molecule is N#Cc1ccc(N2CCN(Cc3cccc(C(=O)O)c3)CC2)c(Cl)c1. The highest BCUT2D eigenvalue weighted by atomic mass is 35.5. The molecule has 1 heterocycles. The molecule has 1 N–H and O–H groups in total. The predicted octanol–water partition coefficient (Wildman–Crippen LogP) is 3.23. The summed E-state index contributed by atoms with van der Waals surface area (Å²) in [4.78, 5) is 15.6. The van der Waals surface area contributed by atoms with E-state index >= 15 is 0 Å². The molecule has 25 heavy (non-hydrogen) atoms. The van der Waals surface area contributed by atoms with Crippen LogP contribution in [0.1, 0.15) is 21.5 Å². The molecule has 2 aromatic carbocycles. The van der Waals surface area contributed by atoms with E-state index in [9.17, 15) is 4.79 Å². The normalized spacial score (nSPS) is 15.0. The van der Waals surface area contributed by atoms with E-state index in [0.717, 1.165) is 44.0 Å². The Hall–Kier alpha value is -2.55. The van der Waals surface area contributed by atoms with Crippen molar-refractivity contribution < 1.29 is 9.90 Å². The minimum Gasteiger partial charge on any atom is -0.478 e. The van der Waals surface area contributed by atoms with Gasteiger partial charge in [-0.3, -0.25) is 4.90 Å². The second-order valence-corrected chi connectivity index (χ2v) is 6.45. The first-order valence-electron chi connectivity index (χ1n) is 8.06. The summed E-state index contributed by atoms with van der Waals surface area (Å²) in [5, 5.41) is 18.6. The van der Waals surface area contributed by atoms with Gasteiger partial charge in [0.05, 0.1) is 27.9 Å². The molecule has 0 bridgehead atoms. The number of rotatable bonds is 4. The molecule has 0 radical (unpaired) electrons. The molecule has 3 rings (SSSR count). The lowest BCUT2D eigenvalue weighted by molar-refractivity contribution is 0.0696. The number of carbonyl (C=O) groups is 1. The van der Waals surface area contributed by atoms with Crippen molar-refractivity contribution in [2.45, 2.75) is 6.54 Å². The first-order valence-corrected chi connectivity index (χ1v) is 8.44. The van der Waals surface area contributed by atoms with E-state index in [-0.39, 0.29) is 0 Å². The Bertz CT molecular complexity index is 824. The topological polar surface area (TPSA) is 67.6 Å². The van der Waals surface area contributed by atoms with Gasteiger partial charge < -0.3 is 10.0 Å². The van der Waals surface area contributed by atoms with Crippen molar-refractivity contribution in [2.24, 2.45) is 0 Å². The Morgan fingerprint density at radius 1 is 1.16 bits per heavy atom. The van der Waals surface area contributed by atoms with Gasteiger partial charge in [0.2, 0.25) is 0 Å². The number of aromatic carboxylic acids is 1. The number of nitrogens with zero attached hydrogens (tertiary/aromatic N) is 3. The minimum atomic E-state index is -0.901. The number of piperazine rings is 1. The van der Waals surface area contributed by atoms with Gasteiger partial charge in [-0.15, -0.1) is 0 Å². The van der Waals surface area contributed by atoms with Gasteiger partial charge in [-0.2, -0.15) is 5.26 Å². The van der Waals surface area contributed by atoms with Crippen molar-refractivity contribution in [2.75, 3.05) is 31.1 Å². The second-order valence-electron chi connectivity index (χ2n) is 6.05. The summed E-state index contributed by atoms with van der Waals surface area (Å²) < 4.78 is 0. The van der Waals surface area contributed by atoms with Crippen LogP contribution in [0.15, 0.2) is 42.5 Å². The Labute approximate surface area is 151 Å². The Balaban J connectivity index is 1.61. The van der Waals surface area contributed by atoms with E-state index in [2.05, 4.69) is 15.9 Å². The molecule has 1 aliphatic rings. The van der Waals surface area contributed by atoms with Crippen LogP contribution in [0.25, 0.3) is 0 Å². The molecular formula is C19H18ClN3O2. The maximum absolute atomic E-state index is 11.1. The molecule has 1 aliphatic heterocycles. The molecule has 0 spiro atoms. The van der Waals surface area contributed by atoms with Gasteiger partial charge >= 0.3 is 5.97 Å². The maximum atomic E-state index is 11.1. The lowest BCUT2D eigenvalue weighted by atomic mass is 10.1. The average molecular weight is 356 g/mol. The molecule has 0 aromatic heterocycles. The fraction of sp³-hybridized carbons (Fsp3) is 0.263. The number of hydrogen-bond acceptors (Lipinski definition) is 4. The summed E-state index contributed by atoms with van der Waals surface area (Å²) in [6.45, 7) is 4.14. The fourth-order valence-electron chi connectivity index (χ4n) is 3.04. The second kappa shape index (κ2) is 7.56. The summed E-state index contributed by atoms with van der Waals surface area (Å²) in [6.07, 6.45) is 0. The van der Waals surface area contributed by atoms with Crippen LogP contribution in [0.5, 0.6) is 0 Å². The van der Waals surface area contributed by atoms with Crippen molar-refractivity contribution in [1.82, 2.24) is 4.90 Å². The highest BCUT2D eigenvalue weighted by molar-refractivity contribution is 6.33. The van der Waals surface area contributed by atoms with Crippen molar-refractivity contribution in [3.63, 3.8) is 0 Å². The molecule has 2 aromatic rings. The van der Waals surface area contributed by atoms with Gasteiger partial charge in [0.25, 0.3) is 0 Å². The summed E-state index contributed by atoms with van der Waals surface area (Å²) in [7, 11) is 0. The van der Waals surface area contributed by atoms with Crippen molar-refractivity contribution >= 4 is 23.3 Å². The van der Waals surface area contributed by atoms with Crippen LogP contribution in [-0.4, -0.2) is 42.2 Å². The van der Waals surface area contributed by atoms with Crippen molar-refractivity contribution in [1.29, 1.82) is 5.26 Å². The molecule has 0 amide bonds. The zero-order valence-corrected chi connectivity index (χ0v) is 14.4. The van der Waals surface area contributed by atoms with Crippen LogP contribution in [-0.2, 0) is 6.54 Å². The Morgan fingerprint density at radius 3 is 2.56 bits per heavy atom. The largest absolute Gasteiger partial charge is 0.478 e. The van der Waals surface area contributed by atoms with Crippen LogP contribution in [0.3, 0.4) is 0 Å². The first-order chi connectivity index (χ1) is 12.1. The van der Waals surface area contributed by atoms with Gasteiger partial charge in [-0.25, -0.2) is 4.79 Å². The van der Waals surface area contributed by atoms with Crippen molar-refractivity contribution in [3.05, 3.63) is 64.2 Å². The Kier molecular flexibility index (Phi) is 5.22. The average Bonchev–Trinajstić information content (AvgIpc) is 2.62. The van der Waals surface area contributed by atoms with Gasteiger partial charge in [-0.05, 0) is 35.9 Å². The van der Waals surface area contributed by atoms with Crippen LogP contribution < -0.4 is 4.90 Å². The molecule has 1 saturated heterocycles. The maximum Gasteiger partial charge on any atom is 0.335 e. The van der Waals surface area contributed by atoms with E-state index in [1.54, 1.807) is 30.3 Å². The van der Waals surface area contributed by atoms with E-state index < -0.39 is 5.97 Å². The lowest BCUT2D eigenvalue weighted by Crippen LogP contribution is -2.46. The summed E-state index contributed by atoms with van der Waals surface area (Å²) in [6, 6.07) is 14.5. The van der Waals surface area contributed by atoms with Crippen LogP contribution in [0, 0.1) is 11.3 Å². The number of hydrogen-bond donors (Lipinski definition) is 1. The molecule has 0 unspecified atom stereocenters. The smallest absolute Gasteiger partial charge is 0.335 e. The summed E-state index contributed by atoms with van der Waals surface area (Å²) in [5.41, 5.74) is 2.84. The van der Waals surface area contributed by atoms with E-state index in [4.69, 9.17) is 22.0 Å². The number of nitriles is 1. The van der Waals surface area contributed by atoms with E-state index in [0.29, 0.717) is 16.1 Å². The summed E-state index contributed by atoms with van der Waals surface area (Å²) >= 11 is 6.29. The Morgan fingerprint density at radius 2 is 1.92 bits per heavy atom. The molecule has 128 valence electrons. The van der Waals surface area contributed by atoms with Gasteiger partial charge in [0.1, 0.15) is 0 Å². The molecule has 0 atom stereocenters. The molecule has 0 aliphatic carbocycles. The van der Waals surface area contributed by atoms with E-state index in [1.807, 2.05) is 12.1 Å². The van der Waals surface area contributed by atoms with Gasteiger partial charge in [0, 0.05) is 32.7 Å². The number of benzene rings is 2. The molecule has 5 nitrogen and oxygen atoms in total. The third-order valence-electron chi connectivity index (χ3n) is 4.37. The monoisotopic (exact) mass is 355 g/mol. The van der Waals surface area contributed by atoms with Crippen LogP contribution >= 0.6 is 11.6 Å². The molecular weight excluding hydrogens is 338 g/mol. The highest BCUT2D eigenvalue weighted by Gasteiger charge is 2.19.